The number of H-pyrrole nitrogens is 1. The quantitative estimate of drug-likeness (QED) is 0.660. The van der Waals surface area contributed by atoms with Crippen molar-refractivity contribution in [3.8, 4) is 11.4 Å². The Labute approximate surface area is 128 Å². The van der Waals surface area contributed by atoms with Gasteiger partial charge in [-0.15, -0.1) is 11.3 Å². The molecular weight excluding hydrogens is 306 g/mol. The van der Waals surface area contributed by atoms with Crippen molar-refractivity contribution in [3.05, 3.63) is 24.0 Å². The van der Waals surface area contributed by atoms with Gasteiger partial charge in [0.25, 0.3) is 0 Å². The predicted molar refractivity (Wildman–Crippen MR) is 80.5 cm³/mol. The zero-order valence-electron chi connectivity index (χ0n) is 11.2. The molecule has 1 amide bonds. The first-order chi connectivity index (χ1) is 10.6. The summed E-state index contributed by atoms with van der Waals surface area (Å²) in [6.07, 6.45) is 2.92. The summed E-state index contributed by atoms with van der Waals surface area (Å²) in [5, 5.41) is 14.2. The topological polar surface area (TPSA) is 121 Å². The third-order valence-electron chi connectivity index (χ3n) is 2.91. The average Bonchev–Trinajstić information content (AvgIpc) is 3.13. The highest BCUT2D eigenvalue weighted by atomic mass is 32.1. The molecule has 0 saturated heterocycles. The van der Waals surface area contributed by atoms with Crippen LogP contribution in [0.1, 0.15) is 12.8 Å². The molecule has 0 spiro atoms. The molecule has 0 aromatic carbocycles. The number of aromatic nitrogens is 4. The highest BCUT2D eigenvalue weighted by Gasteiger charge is 2.13. The Morgan fingerprint density at radius 2 is 2.18 bits per heavy atom. The first kappa shape index (κ1) is 14.1. The summed E-state index contributed by atoms with van der Waals surface area (Å²) in [6.45, 7) is 0. The van der Waals surface area contributed by atoms with Gasteiger partial charge in [-0.1, -0.05) is 0 Å². The van der Waals surface area contributed by atoms with Crippen LogP contribution in [-0.2, 0) is 9.59 Å². The molecule has 0 unspecified atom stereocenters. The number of rotatable bonds is 5. The fourth-order valence-electron chi connectivity index (χ4n) is 1.92. The number of amides is 1. The maximum absolute atomic E-state index is 11.6. The minimum Gasteiger partial charge on any atom is -0.481 e. The van der Waals surface area contributed by atoms with E-state index in [1.807, 2.05) is 6.07 Å². The van der Waals surface area contributed by atoms with E-state index in [0.717, 1.165) is 5.39 Å². The van der Waals surface area contributed by atoms with Gasteiger partial charge in [0, 0.05) is 23.4 Å². The molecule has 0 aliphatic carbocycles. The van der Waals surface area contributed by atoms with E-state index in [1.54, 1.807) is 11.6 Å². The summed E-state index contributed by atoms with van der Waals surface area (Å²) in [4.78, 5) is 37.7. The Morgan fingerprint density at radius 3 is 3.00 bits per heavy atom. The first-order valence-electron chi connectivity index (χ1n) is 6.39. The van der Waals surface area contributed by atoms with Crippen LogP contribution in [0.4, 0.5) is 5.13 Å². The number of carboxylic acids is 1. The summed E-state index contributed by atoms with van der Waals surface area (Å²) >= 11 is 1.26. The molecule has 3 N–H and O–H groups in total. The molecule has 3 aromatic heterocycles. The van der Waals surface area contributed by atoms with E-state index in [1.165, 1.54) is 17.7 Å². The van der Waals surface area contributed by atoms with Crippen LogP contribution in [0.15, 0.2) is 24.0 Å². The van der Waals surface area contributed by atoms with E-state index >= 15 is 0 Å². The van der Waals surface area contributed by atoms with E-state index in [-0.39, 0.29) is 18.7 Å². The normalized spacial score (nSPS) is 10.7. The van der Waals surface area contributed by atoms with Crippen molar-refractivity contribution < 1.29 is 14.7 Å². The van der Waals surface area contributed by atoms with Gasteiger partial charge in [-0.05, 0) is 6.07 Å². The molecule has 9 heteroatoms. The van der Waals surface area contributed by atoms with Crippen LogP contribution in [0.25, 0.3) is 22.4 Å². The monoisotopic (exact) mass is 317 g/mol. The second kappa shape index (κ2) is 5.90. The molecule has 0 fully saturated rings. The van der Waals surface area contributed by atoms with Gasteiger partial charge in [-0.25, -0.2) is 15.0 Å². The second-order valence-corrected chi connectivity index (χ2v) is 5.30. The summed E-state index contributed by atoms with van der Waals surface area (Å²) in [7, 11) is 0. The standard InChI is InChI=1S/C13H11N5O3S/c19-9(1-2-10(20)21)18-13-17-8(5-22-13)11-7-3-4-14-12(7)16-6-15-11/h3-6H,1-2H2,(H,20,21)(H,14,15,16)(H,17,18,19). The number of carboxylic acid groups (broad SMARTS) is 1. The molecule has 0 aliphatic heterocycles. The van der Waals surface area contributed by atoms with Crippen LogP contribution in [0, 0.1) is 0 Å². The fraction of sp³-hybridized carbons (Fsp3) is 0.154. The van der Waals surface area contributed by atoms with Gasteiger partial charge in [0.05, 0.1) is 6.42 Å². The van der Waals surface area contributed by atoms with E-state index in [4.69, 9.17) is 5.11 Å². The summed E-state index contributed by atoms with van der Waals surface area (Å²) in [5.74, 6) is -1.39. The summed E-state index contributed by atoms with van der Waals surface area (Å²) in [6, 6.07) is 1.86. The number of carbonyl (C=O) groups excluding carboxylic acids is 1. The van der Waals surface area contributed by atoms with Crippen molar-refractivity contribution in [1.82, 2.24) is 19.9 Å². The maximum Gasteiger partial charge on any atom is 0.303 e. The molecular formula is C13H11N5O3S. The first-order valence-corrected chi connectivity index (χ1v) is 7.27. The van der Waals surface area contributed by atoms with Gasteiger partial charge < -0.3 is 15.4 Å². The minimum absolute atomic E-state index is 0.0835. The molecule has 3 aromatic rings. The molecule has 112 valence electrons. The SMILES string of the molecule is O=C(O)CCC(=O)Nc1nc(-c2ncnc3[nH]ccc23)cs1. The largest absolute Gasteiger partial charge is 0.481 e. The van der Waals surface area contributed by atoms with Gasteiger partial charge in [0.1, 0.15) is 23.4 Å². The van der Waals surface area contributed by atoms with Crippen molar-refractivity contribution in [2.75, 3.05) is 5.32 Å². The molecule has 3 rings (SSSR count). The zero-order chi connectivity index (χ0) is 15.5. The van der Waals surface area contributed by atoms with Crippen molar-refractivity contribution in [1.29, 1.82) is 0 Å². The van der Waals surface area contributed by atoms with E-state index in [2.05, 4.69) is 25.3 Å². The molecule has 0 aliphatic rings. The average molecular weight is 317 g/mol. The van der Waals surface area contributed by atoms with Gasteiger partial charge >= 0.3 is 5.97 Å². The highest BCUT2D eigenvalue weighted by Crippen LogP contribution is 2.28. The lowest BCUT2D eigenvalue weighted by atomic mass is 10.2. The molecule has 8 nitrogen and oxygen atoms in total. The Hall–Kier alpha value is -2.81. The van der Waals surface area contributed by atoms with Crippen molar-refractivity contribution in [3.63, 3.8) is 0 Å². The third-order valence-corrected chi connectivity index (χ3v) is 3.67. The summed E-state index contributed by atoms with van der Waals surface area (Å²) in [5.41, 5.74) is 2.02. The van der Waals surface area contributed by atoms with E-state index < -0.39 is 5.97 Å². The van der Waals surface area contributed by atoms with Crippen molar-refractivity contribution in [2.24, 2.45) is 0 Å². The van der Waals surface area contributed by atoms with Crippen LogP contribution >= 0.6 is 11.3 Å². The lowest BCUT2D eigenvalue weighted by Crippen LogP contribution is -2.12. The second-order valence-electron chi connectivity index (χ2n) is 4.44. The van der Waals surface area contributed by atoms with Gasteiger partial charge in [0.15, 0.2) is 5.13 Å². The van der Waals surface area contributed by atoms with E-state index in [0.29, 0.717) is 22.2 Å². The summed E-state index contributed by atoms with van der Waals surface area (Å²) < 4.78 is 0. The van der Waals surface area contributed by atoms with Crippen LogP contribution in [0.2, 0.25) is 0 Å². The lowest BCUT2D eigenvalue weighted by Gasteiger charge is -1.99. The van der Waals surface area contributed by atoms with Crippen molar-refractivity contribution >= 4 is 39.4 Å². The Kier molecular flexibility index (Phi) is 3.79. The zero-order valence-corrected chi connectivity index (χ0v) is 12.1. The van der Waals surface area contributed by atoms with Gasteiger partial charge in [0.2, 0.25) is 5.91 Å². The van der Waals surface area contributed by atoms with Crippen LogP contribution in [0.5, 0.6) is 0 Å². The van der Waals surface area contributed by atoms with Gasteiger partial charge in [-0.3, -0.25) is 9.59 Å². The molecule has 22 heavy (non-hydrogen) atoms. The van der Waals surface area contributed by atoms with Crippen LogP contribution < -0.4 is 5.32 Å². The number of thiazole rings is 1. The minimum atomic E-state index is -1.01. The number of carbonyl (C=O) groups is 2. The highest BCUT2D eigenvalue weighted by molar-refractivity contribution is 7.14. The number of aliphatic carboxylic acids is 1. The number of nitrogens with zero attached hydrogens (tertiary/aromatic N) is 3. The molecule has 0 radical (unpaired) electrons. The number of hydrogen-bond acceptors (Lipinski definition) is 6. The third kappa shape index (κ3) is 2.93. The number of fused-ring (bicyclic) bond motifs is 1. The molecule has 3 heterocycles. The molecule has 0 atom stereocenters. The van der Waals surface area contributed by atoms with Crippen LogP contribution in [0.3, 0.4) is 0 Å². The van der Waals surface area contributed by atoms with E-state index in [9.17, 15) is 9.59 Å². The molecule has 0 saturated carbocycles. The molecule has 0 bridgehead atoms. The van der Waals surface area contributed by atoms with Crippen molar-refractivity contribution in [2.45, 2.75) is 12.8 Å². The number of anilines is 1. The Balaban J connectivity index is 1.78. The van der Waals surface area contributed by atoms with Gasteiger partial charge in [-0.2, -0.15) is 0 Å². The number of nitrogens with one attached hydrogen (secondary N) is 2. The predicted octanol–water partition coefficient (Wildman–Crippen LogP) is 1.88. The fourth-order valence-corrected chi connectivity index (χ4v) is 2.63. The van der Waals surface area contributed by atoms with Crippen LogP contribution in [-0.4, -0.2) is 36.9 Å². The maximum atomic E-state index is 11.6. The lowest BCUT2D eigenvalue weighted by molar-refractivity contribution is -0.138. The Morgan fingerprint density at radius 1 is 1.32 bits per heavy atom. The number of hydrogen-bond donors (Lipinski definition) is 3. The Bertz CT molecular complexity index is 841. The number of aromatic amines is 1. The smallest absolute Gasteiger partial charge is 0.303 e.